The third-order valence-corrected chi connectivity index (χ3v) is 14.7. The van der Waals surface area contributed by atoms with Crippen molar-refractivity contribution in [2.24, 2.45) is 0 Å². The Hall–Kier alpha value is -11.2. The molecule has 0 atom stereocenters. The third kappa shape index (κ3) is 12.2. The van der Waals surface area contributed by atoms with Crippen LogP contribution in [0.2, 0.25) is 0 Å². The van der Waals surface area contributed by atoms with Gasteiger partial charge in [0.05, 0.1) is 23.3 Å². The van der Waals surface area contributed by atoms with Crippen molar-refractivity contribution in [2.45, 2.75) is 0 Å². The summed E-state index contributed by atoms with van der Waals surface area (Å²) in [6.07, 6.45) is 0. The van der Waals surface area contributed by atoms with E-state index < -0.39 is 0 Å². The second-order valence-electron chi connectivity index (χ2n) is 19.8. The minimum Gasteiger partial charge on any atom is -0.345 e. The predicted molar refractivity (Wildman–Crippen MR) is 342 cm³/mol. The van der Waals surface area contributed by atoms with Crippen LogP contribution in [0.5, 0.6) is 0 Å². The molecule has 0 saturated carbocycles. The van der Waals surface area contributed by atoms with Gasteiger partial charge in [0.2, 0.25) is 0 Å². The van der Waals surface area contributed by atoms with Crippen molar-refractivity contribution in [3.63, 3.8) is 0 Å². The second-order valence-corrected chi connectivity index (χ2v) is 19.8. The molecule has 0 bridgehead atoms. The molecule has 6 heteroatoms. The van der Waals surface area contributed by atoms with Gasteiger partial charge in [-0.1, -0.05) is 176 Å². The molecule has 0 aromatic heterocycles. The molecular formula is C76H58N6. The summed E-state index contributed by atoms with van der Waals surface area (Å²) in [5, 5.41) is 18.3. The maximum atomic E-state index is 9.24. The van der Waals surface area contributed by atoms with Crippen LogP contribution in [0.1, 0.15) is 11.1 Å². The van der Waals surface area contributed by atoms with E-state index in [1.165, 1.54) is 22.3 Å². The third-order valence-electron chi connectivity index (χ3n) is 14.7. The van der Waals surface area contributed by atoms with E-state index in [1.807, 2.05) is 86.9 Å². The van der Waals surface area contributed by atoms with Crippen LogP contribution in [0.15, 0.2) is 315 Å². The Labute approximate surface area is 481 Å². The SMILES string of the molecule is CN(c1ccc(-c2ccc(N(c3ccccc3)c3ccc(-c4ccccc4)cc3)cc2)cc1)c1cccc(C#N)c1.CN(c1ccc(C#N)cc1)c1ccc(-c2ccc(N(c3ccccc3)c3ccc(-c4ccccc4)cc3)cc2)cc1. The number of anilines is 10. The topological polar surface area (TPSA) is 60.5 Å². The molecule has 0 aliphatic heterocycles. The standard InChI is InChI=1S/2C38H29N3/c1-40(38-14-8-9-29(27-38)28-39)34-21-15-32(16-22-34)33-19-25-37(26-20-33)41(35-12-6-3-7-13-35)36-23-17-31(18-24-36)30-10-4-2-5-11-30;1-40(34-20-12-29(28-39)13-21-34)35-22-14-32(15-23-35)33-18-26-38(27-19-33)41(36-10-6-3-7-11-36)37-24-16-31(17-25-37)30-8-4-2-5-9-30/h2*2-27H,1H3. The first-order valence-corrected chi connectivity index (χ1v) is 27.3. The fourth-order valence-corrected chi connectivity index (χ4v) is 10.1. The Morgan fingerprint density at radius 1 is 0.207 bits per heavy atom. The summed E-state index contributed by atoms with van der Waals surface area (Å²) >= 11 is 0. The van der Waals surface area contributed by atoms with E-state index in [9.17, 15) is 5.26 Å². The average molecular weight is 1060 g/mol. The minimum atomic E-state index is 0.655. The van der Waals surface area contributed by atoms with Crippen LogP contribution in [0.25, 0.3) is 44.5 Å². The average Bonchev–Trinajstić information content (AvgIpc) is 3.68. The van der Waals surface area contributed by atoms with E-state index in [0.717, 1.165) is 79.1 Å². The van der Waals surface area contributed by atoms with Crippen LogP contribution in [0.3, 0.4) is 0 Å². The summed E-state index contributed by atoms with van der Waals surface area (Å²) in [7, 11) is 4.06. The molecule has 0 heterocycles. The van der Waals surface area contributed by atoms with E-state index in [1.54, 1.807) is 0 Å². The number of hydrogen-bond donors (Lipinski definition) is 0. The van der Waals surface area contributed by atoms with Crippen molar-refractivity contribution in [2.75, 3.05) is 33.7 Å². The molecule has 0 aliphatic rings. The van der Waals surface area contributed by atoms with Crippen molar-refractivity contribution >= 4 is 56.9 Å². The first-order chi connectivity index (χ1) is 40.4. The smallest absolute Gasteiger partial charge is 0.0992 e. The van der Waals surface area contributed by atoms with Gasteiger partial charge in [-0.2, -0.15) is 10.5 Å². The van der Waals surface area contributed by atoms with Crippen LogP contribution in [0, 0.1) is 22.7 Å². The molecule has 0 N–H and O–H groups in total. The number of nitriles is 2. The molecular weight excluding hydrogens is 997 g/mol. The van der Waals surface area contributed by atoms with Crippen LogP contribution >= 0.6 is 0 Å². The number of nitrogens with zero attached hydrogens (tertiary/aromatic N) is 6. The lowest BCUT2D eigenvalue weighted by Gasteiger charge is -2.26. The Kier molecular flexibility index (Phi) is 16.2. The first kappa shape index (κ1) is 52.9. The lowest BCUT2D eigenvalue weighted by atomic mass is 10.0. The molecule has 12 rings (SSSR count). The van der Waals surface area contributed by atoms with Gasteiger partial charge in [0, 0.05) is 71.0 Å². The van der Waals surface area contributed by atoms with Gasteiger partial charge in [0.1, 0.15) is 0 Å². The van der Waals surface area contributed by atoms with E-state index in [4.69, 9.17) is 5.26 Å². The zero-order valence-electron chi connectivity index (χ0n) is 45.7. The van der Waals surface area contributed by atoms with Crippen molar-refractivity contribution in [1.82, 2.24) is 0 Å². The quantitative estimate of drug-likeness (QED) is 0.108. The van der Waals surface area contributed by atoms with Crippen LogP contribution < -0.4 is 19.6 Å². The molecule has 392 valence electrons. The zero-order chi connectivity index (χ0) is 56.0. The van der Waals surface area contributed by atoms with E-state index in [0.29, 0.717) is 11.1 Å². The molecule has 0 radical (unpaired) electrons. The second kappa shape index (κ2) is 25.1. The highest BCUT2D eigenvalue weighted by molar-refractivity contribution is 5.82. The van der Waals surface area contributed by atoms with E-state index >= 15 is 0 Å². The highest BCUT2D eigenvalue weighted by Crippen LogP contribution is 2.39. The molecule has 82 heavy (non-hydrogen) atoms. The van der Waals surface area contributed by atoms with Crippen molar-refractivity contribution in [3.8, 4) is 56.6 Å². The van der Waals surface area contributed by atoms with Gasteiger partial charge in [0.25, 0.3) is 0 Å². The van der Waals surface area contributed by atoms with Gasteiger partial charge in [-0.05, 0) is 184 Å². The highest BCUT2D eigenvalue weighted by Gasteiger charge is 2.16. The molecule has 0 fully saturated rings. The van der Waals surface area contributed by atoms with Gasteiger partial charge in [0.15, 0.2) is 0 Å². The predicted octanol–water partition coefficient (Wildman–Crippen LogP) is 20.3. The van der Waals surface area contributed by atoms with Gasteiger partial charge < -0.3 is 19.6 Å². The fraction of sp³-hybridized carbons (Fsp3) is 0.0263. The Morgan fingerprint density at radius 3 is 0.744 bits per heavy atom. The summed E-state index contributed by atoms with van der Waals surface area (Å²) in [4.78, 5) is 8.78. The van der Waals surface area contributed by atoms with Gasteiger partial charge in [-0.25, -0.2) is 0 Å². The normalized spacial score (nSPS) is 10.5. The van der Waals surface area contributed by atoms with Crippen molar-refractivity contribution in [3.05, 3.63) is 327 Å². The van der Waals surface area contributed by atoms with Crippen LogP contribution in [-0.2, 0) is 0 Å². The first-order valence-electron chi connectivity index (χ1n) is 27.3. The number of para-hydroxylation sites is 2. The summed E-state index contributed by atoms with van der Waals surface area (Å²) in [6.45, 7) is 0. The molecule has 0 amide bonds. The molecule has 0 saturated heterocycles. The molecule has 12 aromatic rings. The minimum absolute atomic E-state index is 0.655. The maximum absolute atomic E-state index is 9.24. The lowest BCUT2D eigenvalue weighted by molar-refractivity contribution is 1.21. The molecule has 6 nitrogen and oxygen atoms in total. The molecule has 12 aromatic carbocycles. The summed E-state index contributed by atoms with van der Waals surface area (Å²) < 4.78 is 0. The highest BCUT2D eigenvalue weighted by atomic mass is 15.1. The number of rotatable bonds is 14. The molecule has 0 spiro atoms. The number of benzene rings is 12. The number of hydrogen-bond acceptors (Lipinski definition) is 6. The Morgan fingerprint density at radius 2 is 0.439 bits per heavy atom. The van der Waals surface area contributed by atoms with Crippen LogP contribution in [-0.4, -0.2) is 14.1 Å². The maximum Gasteiger partial charge on any atom is 0.0992 e. The fourth-order valence-electron chi connectivity index (χ4n) is 10.1. The van der Waals surface area contributed by atoms with Crippen LogP contribution in [0.4, 0.5) is 56.9 Å². The summed E-state index contributed by atoms with van der Waals surface area (Å²) in [6, 6.07) is 114. The summed E-state index contributed by atoms with van der Waals surface area (Å²) in [5.41, 5.74) is 21.6. The van der Waals surface area contributed by atoms with Crippen molar-refractivity contribution in [1.29, 1.82) is 10.5 Å². The molecule has 0 unspecified atom stereocenters. The van der Waals surface area contributed by atoms with Gasteiger partial charge in [-0.15, -0.1) is 0 Å². The van der Waals surface area contributed by atoms with E-state index in [-0.39, 0.29) is 0 Å². The van der Waals surface area contributed by atoms with Gasteiger partial charge in [-0.3, -0.25) is 0 Å². The summed E-state index contributed by atoms with van der Waals surface area (Å²) in [5.74, 6) is 0. The van der Waals surface area contributed by atoms with Gasteiger partial charge >= 0.3 is 0 Å². The van der Waals surface area contributed by atoms with E-state index in [2.05, 4.69) is 274 Å². The Bertz CT molecular complexity index is 4070. The molecule has 0 aliphatic carbocycles. The Balaban J connectivity index is 0.000000172. The monoisotopic (exact) mass is 1050 g/mol. The van der Waals surface area contributed by atoms with Crippen molar-refractivity contribution < 1.29 is 0 Å². The largest absolute Gasteiger partial charge is 0.345 e. The lowest BCUT2D eigenvalue weighted by Crippen LogP contribution is -2.09. The zero-order valence-corrected chi connectivity index (χ0v) is 45.7.